The maximum atomic E-state index is 12.5. The van der Waals surface area contributed by atoms with Crippen molar-refractivity contribution in [3.63, 3.8) is 0 Å². The van der Waals surface area contributed by atoms with Crippen LogP contribution in [-0.2, 0) is 16.1 Å². The minimum absolute atomic E-state index is 0.127. The molecule has 0 aliphatic carbocycles. The lowest BCUT2D eigenvalue weighted by molar-refractivity contribution is -0.115. The first-order chi connectivity index (χ1) is 13.1. The lowest BCUT2D eigenvalue weighted by Gasteiger charge is -2.28. The van der Waals surface area contributed by atoms with Gasteiger partial charge in [-0.2, -0.15) is 0 Å². The molecule has 3 rings (SSSR count). The largest absolute Gasteiger partial charge is 0.378 e. The third-order valence-corrected chi connectivity index (χ3v) is 5.42. The number of benzene rings is 1. The topological polar surface area (TPSA) is 92.2 Å². The maximum Gasteiger partial charge on any atom is 0.343 e. The number of aromatic amines is 1. The van der Waals surface area contributed by atoms with Crippen LogP contribution < -0.4 is 15.9 Å². The smallest absolute Gasteiger partial charge is 0.343 e. The van der Waals surface area contributed by atoms with E-state index in [2.05, 4.69) is 20.4 Å². The number of anilines is 2. The molecule has 0 bridgehead atoms. The molecule has 1 amide bonds. The molecule has 1 aromatic heterocycles. The number of nitrogens with zero attached hydrogens (tertiary/aromatic N) is 3. The van der Waals surface area contributed by atoms with Crippen LogP contribution in [0.3, 0.4) is 0 Å². The number of morpholine rings is 1. The molecule has 2 N–H and O–H groups in total. The van der Waals surface area contributed by atoms with Crippen LogP contribution in [0, 0.1) is 0 Å². The zero-order chi connectivity index (χ0) is 19.2. The molecule has 1 aromatic carbocycles. The van der Waals surface area contributed by atoms with Gasteiger partial charge in [0.15, 0.2) is 5.16 Å². The Balaban J connectivity index is 1.58. The van der Waals surface area contributed by atoms with E-state index in [1.807, 2.05) is 31.2 Å². The summed E-state index contributed by atoms with van der Waals surface area (Å²) in [5, 5.41) is 9.54. The molecular weight excluding hydrogens is 366 g/mol. The molecule has 8 nitrogen and oxygen atoms in total. The van der Waals surface area contributed by atoms with Crippen molar-refractivity contribution in [3.05, 3.63) is 34.7 Å². The van der Waals surface area contributed by atoms with Crippen molar-refractivity contribution in [2.45, 2.75) is 37.2 Å². The normalized spacial score (nSPS) is 15.6. The molecule has 2 heterocycles. The molecule has 1 atom stereocenters. The Morgan fingerprint density at radius 1 is 1.33 bits per heavy atom. The molecule has 0 spiro atoms. The SMILES string of the molecule is CCCn1c(SC(C)C(=O)Nc2ccc(N3CCOCC3)cc2)n[nH]c1=O. The molecule has 1 fully saturated rings. The predicted octanol–water partition coefficient (Wildman–Crippen LogP) is 1.94. The second kappa shape index (κ2) is 9.09. The molecule has 0 radical (unpaired) electrons. The van der Waals surface area contributed by atoms with Crippen molar-refractivity contribution in [1.29, 1.82) is 0 Å². The van der Waals surface area contributed by atoms with Crippen molar-refractivity contribution >= 4 is 29.0 Å². The average Bonchev–Trinajstić information content (AvgIpc) is 3.03. The van der Waals surface area contributed by atoms with E-state index in [0.29, 0.717) is 11.7 Å². The Bertz CT molecular complexity index is 811. The number of nitrogens with one attached hydrogen (secondary N) is 2. The van der Waals surface area contributed by atoms with Gasteiger partial charge in [-0.15, -0.1) is 5.10 Å². The number of amides is 1. The van der Waals surface area contributed by atoms with E-state index in [4.69, 9.17) is 4.74 Å². The minimum Gasteiger partial charge on any atom is -0.378 e. The zero-order valence-electron chi connectivity index (χ0n) is 15.6. The predicted molar refractivity (Wildman–Crippen MR) is 107 cm³/mol. The molecule has 1 unspecified atom stereocenters. The summed E-state index contributed by atoms with van der Waals surface area (Å²) in [5.41, 5.74) is 1.63. The van der Waals surface area contributed by atoms with E-state index >= 15 is 0 Å². The molecule has 9 heteroatoms. The molecule has 2 aromatic rings. The van der Waals surface area contributed by atoms with Gasteiger partial charge in [0.2, 0.25) is 5.91 Å². The highest BCUT2D eigenvalue weighted by atomic mass is 32.2. The van der Waals surface area contributed by atoms with Gasteiger partial charge in [-0.1, -0.05) is 18.7 Å². The van der Waals surface area contributed by atoms with Gasteiger partial charge in [0.05, 0.1) is 18.5 Å². The summed E-state index contributed by atoms with van der Waals surface area (Å²) in [6, 6.07) is 7.82. The van der Waals surface area contributed by atoms with E-state index < -0.39 is 0 Å². The molecule has 0 saturated carbocycles. The fraction of sp³-hybridized carbons (Fsp3) is 0.500. The summed E-state index contributed by atoms with van der Waals surface area (Å²) in [6.07, 6.45) is 0.822. The van der Waals surface area contributed by atoms with Crippen LogP contribution in [0.1, 0.15) is 20.3 Å². The van der Waals surface area contributed by atoms with Gasteiger partial charge < -0.3 is 15.0 Å². The third kappa shape index (κ3) is 4.92. The fourth-order valence-electron chi connectivity index (χ4n) is 2.85. The standard InChI is InChI=1S/C18H25N5O3S/c1-3-8-23-17(25)20-21-18(23)27-13(2)16(24)19-14-4-6-15(7-5-14)22-9-11-26-12-10-22/h4-7,13H,3,8-12H2,1-2H3,(H,19,24)(H,20,25). The Kier molecular flexibility index (Phi) is 6.57. The van der Waals surface area contributed by atoms with Crippen LogP contribution >= 0.6 is 11.8 Å². The van der Waals surface area contributed by atoms with Crippen LogP contribution in [0.15, 0.2) is 34.2 Å². The molecule has 1 aliphatic rings. The van der Waals surface area contributed by atoms with Crippen molar-refractivity contribution in [1.82, 2.24) is 14.8 Å². The van der Waals surface area contributed by atoms with Crippen molar-refractivity contribution in [2.24, 2.45) is 0 Å². The lowest BCUT2D eigenvalue weighted by Crippen LogP contribution is -2.36. The number of carbonyl (C=O) groups is 1. The van der Waals surface area contributed by atoms with Gasteiger partial charge in [0.25, 0.3) is 0 Å². The minimum atomic E-state index is -0.380. The van der Waals surface area contributed by atoms with Crippen LogP contribution in [0.25, 0.3) is 0 Å². The van der Waals surface area contributed by atoms with E-state index in [0.717, 1.165) is 44.1 Å². The van der Waals surface area contributed by atoms with Crippen molar-refractivity contribution in [3.8, 4) is 0 Å². The van der Waals surface area contributed by atoms with E-state index in [1.165, 1.54) is 11.8 Å². The van der Waals surface area contributed by atoms with E-state index in [1.54, 1.807) is 11.5 Å². The summed E-state index contributed by atoms with van der Waals surface area (Å²) in [6.45, 7) is 7.61. The Hall–Kier alpha value is -2.26. The monoisotopic (exact) mass is 391 g/mol. The number of thioether (sulfide) groups is 1. The molecule has 1 aliphatic heterocycles. The average molecular weight is 391 g/mol. The maximum absolute atomic E-state index is 12.5. The number of hydrogen-bond acceptors (Lipinski definition) is 6. The van der Waals surface area contributed by atoms with Gasteiger partial charge in [0.1, 0.15) is 0 Å². The molecule has 1 saturated heterocycles. The number of carbonyl (C=O) groups excluding carboxylic acids is 1. The lowest BCUT2D eigenvalue weighted by atomic mass is 10.2. The van der Waals surface area contributed by atoms with Gasteiger partial charge in [-0.25, -0.2) is 9.89 Å². The Morgan fingerprint density at radius 3 is 2.70 bits per heavy atom. The van der Waals surface area contributed by atoms with Gasteiger partial charge in [0, 0.05) is 31.0 Å². The number of H-pyrrole nitrogens is 1. The zero-order valence-corrected chi connectivity index (χ0v) is 16.4. The number of hydrogen-bond donors (Lipinski definition) is 2. The van der Waals surface area contributed by atoms with Crippen LogP contribution in [0.5, 0.6) is 0 Å². The molecule has 27 heavy (non-hydrogen) atoms. The molecule has 146 valence electrons. The Morgan fingerprint density at radius 2 is 2.04 bits per heavy atom. The summed E-state index contributed by atoms with van der Waals surface area (Å²) in [4.78, 5) is 26.5. The number of rotatable bonds is 7. The first-order valence-electron chi connectivity index (χ1n) is 9.14. The van der Waals surface area contributed by atoms with Crippen LogP contribution in [-0.4, -0.2) is 52.2 Å². The Labute approximate surface area is 162 Å². The quantitative estimate of drug-likeness (QED) is 0.701. The molecular formula is C18H25N5O3S. The van der Waals surface area contributed by atoms with Gasteiger partial charge >= 0.3 is 5.69 Å². The fourth-order valence-corrected chi connectivity index (χ4v) is 3.73. The van der Waals surface area contributed by atoms with Gasteiger partial charge in [-0.3, -0.25) is 9.36 Å². The van der Waals surface area contributed by atoms with E-state index in [-0.39, 0.29) is 16.8 Å². The second-order valence-corrected chi connectivity index (χ2v) is 7.67. The number of ether oxygens (including phenoxy) is 1. The summed E-state index contributed by atoms with van der Waals surface area (Å²) in [7, 11) is 0. The number of aromatic nitrogens is 3. The summed E-state index contributed by atoms with van der Waals surface area (Å²) in [5.74, 6) is -0.127. The highest BCUT2D eigenvalue weighted by molar-refractivity contribution is 8.00. The van der Waals surface area contributed by atoms with Crippen LogP contribution in [0.4, 0.5) is 11.4 Å². The third-order valence-electron chi connectivity index (χ3n) is 4.33. The highest BCUT2D eigenvalue weighted by Crippen LogP contribution is 2.23. The summed E-state index contributed by atoms with van der Waals surface area (Å²) >= 11 is 1.27. The van der Waals surface area contributed by atoms with Crippen molar-refractivity contribution in [2.75, 3.05) is 36.5 Å². The second-order valence-electron chi connectivity index (χ2n) is 6.36. The summed E-state index contributed by atoms with van der Waals surface area (Å²) < 4.78 is 6.93. The first kappa shape index (κ1) is 19.5. The highest BCUT2D eigenvalue weighted by Gasteiger charge is 2.19. The first-order valence-corrected chi connectivity index (χ1v) is 10.0. The van der Waals surface area contributed by atoms with Crippen molar-refractivity contribution < 1.29 is 9.53 Å². The van der Waals surface area contributed by atoms with Gasteiger partial charge in [-0.05, 0) is 37.6 Å². The van der Waals surface area contributed by atoms with Crippen LogP contribution in [0.2, 0.25) is 0 Å². The van der Waals surface area contributed by atoms with E-state index in [9.17, 15) is 9.59 Å².